The van der Waals surface area contributed by atoms with Crippen LogP contribution in [0, 0.1) is 5.41 Å². The van der Waals surface area contributed by atoms with Crippen LogP contribution in [0.15, 0.2) is 24.5 Å². The van der Waals surface area contributed by atoms with Gasteiger partial charge in [-0.25, -0.2) is 9.97 Å². The summed E-state index contributed by atoms with van der Waals surface area (Å²) in [6, 6.07) is 3.79. The quantitative estimate of drug-likeness (QED) is 0.701. The molecule has 0 aliphatic carbocycles. The molecule has 1 fully saturated rings. The summed E-state index contributed by atoms with van der Waals surface area (Å²) in [5.74, 6) is 0.0941. The normalized spacial score (nSPS) is 14.5. The fourth-order valence-corrected chi connectivity index (χ4v) is 3.92. The van der Waals surface area contributed by atoms with Crippen LogP contribution in [-0.4, -0.2) is 45.1 Å². The Morgan fingerprint density at radius 3 is 2.88 bits per heavy atom. The van der Waals surface area contributed by atoms with E-state index in [1.807, 2.05) is 37.1 Å². The van der Waals surface area contributed by atoms with Crippen molar-refractivity contribution in [2.75, 3.05) is 13.1 Å². The topological polar surface area (TPSA) is 79.0 Å². The highest BCUT2D eigenvalue weighted by Gasteiger charge is 2.24. The van der Waals surface area contributed by atoms with Crippen molar-refractivity contribution < 1.29 is 9.59 Å². The number of carbonyl (C=O) groups excluding carboxylic acids is 2. The SMILES string of the molecule is CC(C)(C=O)Cc1c[nH]c2ncc(-c3ccc(C(=O)N4CCC4)s3)nc12. The van der Waals surface area contributed by atoms with Crippen LogP contribution in [0.3, 0.4) is 0 Å². The lowest BCUT2D eigenvalue weighted by atomic mass is 9.88. The number of nitrogens with zero attached hydrogens (tertiary/aromatic N) is 3. The first-order chi connectivity index (χ1) is 12.5. The van der Waals surface area contributed by atoms with Gasteiger partial charge in [0.05, 0.1) is 21.6 Å². The number of aromatic nitrogens is 3. The second-order valence-electron chi connectivity index (χ2n) is 7.36. The van der Waals surface area contributed by atoms with Crippen LogP contribution < -0.4 is 0 Å². The largest absolute Gasteiger partial charge is 0.345 e. The maximum absolute atomic E-state index is 12.3. The minimum Gasteiger partial charge on any atom is -0.345 e. The molecule has 0 radical (unpaired) electrons. The van der Waals surface area contributed by atoms with Crippen molar-refractivity contribution in [3.8, 4) is 10.6 Å². The number of aldehydes is 1. The summed E-state index contributed by atoms with van der Waals surface area (Å²) >= 11 is 1.45. The minimum absolute atomic E-state index is 0.0941. The van der Waals surface area contributed by atoms with Crippen molar-refractivity contribution in [3.05, 3.63) is 35.0 Å². The smallest absolute Gasteiger partial charge is 0.263 e. The zero-order valence-electron chi connectivity index (χ0n) is 14.8. The summed E-state index contributed by atoms with van der Waals surface area (Å²) in [5, 5.41) is 0. The zero-order chi connectivity index (χ0) is 18.3. The Hall–Kier alpha value is -2.54. The highest BCUT2D eigenvalue weighted by Crippen LogP contribution is 2.30. The van der Waals surface area contributed by atoms with Gasteiger partial charge in [-0.05, 0) is 30.5 Å². The summed E-state index contributed by atoms with van der Waals surface area (Å²) in [4.78, 5) is 39.4. The summed E-state index contributed by atoms with van der Waals surface area (Å²) < 4.78 is 0. The Kier molecular flexibility index (Phi) is 4.11. The zero-order valence-corrected chi connectivity index (χ0v) is 15.6. The number of hydrogen-bond acceptors (Lipinski definition) is 5. The molecule has 0 saturated carbocycles. The molecule has 1 N–H and O–H groups in total. The fourth-order valence-electron chi connectivity index (χ4n) is 2.99. The third-order valence-electron chi connectivity index (χ3n) is 4.64. The van der Waals surface area contributed by atoms with Gasteiger partial charge in [0.2, 0.25) is 0 Å². The highest BCUT2D eigenvalue weighted by atomic mass is 32.1. The molecule has 3 aromatic heterocycles. The van der Waals surface area contributed by atoms with Crippen LogP contribution in [0.1, 0.15) is 35.5 Å². The Bertz CT molecular complexity index is 985. The van der Waals surface area contributed by atoms with E-state index in [9.17, 15) is 9.59 Å². The third-order valence-corrected chi connectivity index (χ3v) is 5.73. The molecule has 0 aromatic carbocycles. The van der Waals surface area contributed by atoms with Crippen LogP contribution in [-0.2, 0) is 11.2 Å². The van der Waals surface area contributed by atoms with Gasteiger partial charge in [-0.15, -0.1) is 11.3 Å². The molecule has 1 aliphatic heterocycles. The van der Waals surface area contributed by atoms with Crippen molar-refractivity contribution in [2.45, 2.75) is 26.7 Å². The van der Waals surface area contributed by atoms with Gasteiger partial charge < -0.3 is 14.7 Å². The first kappa shape index (κ1) is 16.9. The summed E-state index contributed by atoms with van der Waals surface area (Å²) in [6.45, 7) is 5.50. The van der Waals surface area contributed by atoms with Gasteiger partial charge in [0.1, 0.15) is 11.8 Å². The van der Waals surface area contributed by atoms with Crippen LogP contribution >= 0.6 is 11.3 Å². The van der Waals surface area contributed by atoms with Crippen LogP contribution in [0.25, 0.3) is 21.7 Å². The Labute approximate surface area is 155 Å². The van der Waals surface area contributed by atoms with Crippen LogP contribution in [0.5, 0.6) is 0 Å². The van der Waals surface area contributed by atoms with Gasteiger partial charge >= 0.3 is 0 Å². The predicted molar refractivity (Wildman–Crippen MR) is 101 cm³/mol. The number of fused-ring (bicyclic) bond motifs is 1. The lowest BCUT2D eigenvalue weighted by Gasteiger charge is -2.30. The predicted octanol–water partition coefficient (Wildman–Crippen LogP) is 3.30. The molecular weight excluding hydrogens is 348 g/mol. The molecule has 1 aliphatic rings. The van der Waals surface area contributed by atoms with E-state index >= 15 is 0 Å². The van der Waals surface area contributed by atoms with Crippen molar-refractivity contribution in [1.82, 2.24) is 19.9 Å². The molecule has 26 heavy (non-hydrogen) atoms. The van der Waals surface area contributed by atoms with E-state index in [0.717, 1.165) is 52.3 Å². The fraction of sp³-hybridized carbons (Fsp3) is 0.368. The van der Waals surface area contributed by atoms with Crippen LogP contribution in [0.4, 0.5) is 0 Å². The number of nitrogens with one attached hydrogen (secondary N) is 1. The van der Waals surface area contributed by atoms with E-state index in [2.05, 4.69) is 9.97 Å². The summed E-state index contributed by atoms with van der Waals surface area (Å²) in [7, 11) is 0. The molecule has 1 saturated heterocycles. The molecule has 1 amide bonds. The molecular formula is C19H20N4O2S. The molecule has 134 valence electrons. The van der Waals surface area contributed by atoms with E-state index < -0.39 is 5.41 Å². The first-order valence-corrected chi connectivity index (χ1v) is 9.47. The third kappa shape index (κ3) is 3.03. The molecule has 4 rings (SSSR count). The summed E-state index contributed by atoms with van der Waals surface area (Å²) in [6.07, 6.45) is 6.23. The lowest BCUT2D eigenvalue weighted by molar-refractivity contribution is -0.114. The number of thiophene rings is 1. The number of amides is 1. The Balaban J connectivity index is 1.66. The standard InChI is InChI=1S/C19H20N4O2S/c1-19(2,11-24)8-12-9-20-17-16(12)22-13(10-21-17)14-4-5-15(26-14)18(25)23-6-3-7-23/h4-5,9-11H,3,6-8H2,1-2H3,(H,20,21). The average molecular weight is 368 g/mol. The number of H-pyrrole nitrogens is 1. The Morgan fingerprint density at radius 2 is 2.19 bits per heavy atom. The van der Waals surface area contributed by atoms with Gasteiger partial charge in [0.25, 0.3) is 5.91 Å². The molecule has 0 spiro atoms. The van der Waals surface area contributed by atoms with Gasteiger partial charge in [-0.3, -0.25) is 4.79 Å². The van der Waals surface area contributed by atoms with Crippen LogP contribution in [0.2, 0.25) is 0 Å². The molecule has 0 unspecified atom stereocenters. The van der Waals surface area contributed by atoms with E-state index in [1.54, 1.807) is 6.20 Å². The molecule has 4 heterocycles. The maximum Gasteiger partial charge on any atom is 0.263 e. The number of aromatic amines is 1. The average Bonchev–Trinajstić information content (AvgIpc) is 3.20. The highest BCUT2D eigenvalue weighted by molar-refractivity contribution is 7.17. The number of carbonyl (C=O) groups is 2. The van der Waals surface area contributed by atoms with E-state index in [0.29, 0.717) is 12.1 Å². The van der Waals surface area contributed by atoms with E-state index in [4.69, 9.17) is 4.98 Å². The van der Waals surface area contributed by atoms with Crippen molar-refractivity contribution in [2.24, 2.45) is 5.41 Å². The Morgan fingerprint density at radius 1 is 1.38 bits per heavy atom. The monoisotopic (exact) mass is 368 g/mol. The molecule has 7 heteroatoms. The maximum atomic E-state index is 12.3. The molecule has 0 bridgehead atoms. The van der Waals surface area contributed by atoms with Gasteiger partial charge in [0.15, 0.2) is 5.65 Å². The van der Waals surface area contributed by atoms with Crippen molar-refractivity contribution >= 4 is 34.7 Å². The van der Waals surface area contributed by atoms with Gasteiger partial charge in [-0.1, -0.05) is 13.8 Å². The second-order valence-corrected chi connectivity index (χ2v) is 8.44. The molecule has 0 atom stereocenters. The first-order valence-electron chi connectivity index (χ1n) is 8.66. The number of rotatable bonds is 5. The molecule has 3 aromatic rings. The number of hydrogen-bond donors (Lipinski definition) is 1. The van der Waals surface area contributed by atoms with E-state index in [1.165, 1.54) is 11.3 Å². The van der Waals surface area contributed by atoms with Crippen molar-refractivity contribution in [1.29, 1.82) is 0 Å². The van der Waals surface area contributed by atoms with E-state index in [-0.39, 0.29) is 5.91 Å². The summed E-state index contributed by atoms with van der Waals surface area (Å²) in [5.41, 5.74) is 2.75. The molecule has 6 nitrogen and oxygen atoms in total. The van der Waals surface area contributed by atoms with Crippen molar-refractivity contribution in [3.63, 3.8) is 0 Å². The van der Waals surface area contributed by atoms with Gasteiger partial charge in [-0.2, -0.15) is 0 Å². The minimum atomic E-state index is -0.452. The van der Waals surface area contributed by atoms with Gasteiger partial charge in [0, 0.05) is 24.7 Å². The lowest BCUT2D eigenvalue weighted by Crippen LogP contribution is -2.41. The number of likely N-dealkylation sites (tertiary alicyclic amines) is 1. The second kappa shape index (κ2) is 6.32.